The molecule has 0 bridgehead atoms. The predicted molar refractivity (Wildman–Crippen MR) is 181 cm³/mol. The van der Waals surface area contributed by atoms with E-state index < -0.39 is 22.3 Å². The van der Waals surface area contributed by atoms with Crippen LogP contribution in [0, 0.1) is 12.8 Å². The Morgan fingerprint density at radius 2 is 1.93 bits per heavy atom. The number of oxime groups is 1. The molecule has 2 N–H and O–H groups in total. The van der Waals surface area contributed by atoms with E-state index >= 15 is 0 Å². The van der Waals surface area contributed by atoms with Crippen LogP contribution in [0.15, 0.2) is 45.0 Å². The minimum Gasteiger partial charge on any atom is -0.511 e. The number of nitrogens with one attached hydrogen (secondary N) is 1. The fourth-order valence-corrected chi connectivity index (χ4v) is 6.79. The molecule has 0 amide bonds. The third-order valence-electron chi connectivity index (χ3n) is 6.43. The number of ketones is 1. The number of nitrogens with zero attached hydrogens (tertiary/aromatic N) is 4. The van der Waals surface area contributed by atoms with Gasteiger partial charge in [-0.25, -0.2) is 17.8 Å². The summed E-state index contributed by atoms with van der Waals surface area (Å²) in [5, 5.41) is 18.4. The molecule has 2 unspecified atom stereocenters. The number of alkyl halides is 2. The second-order valence-corrected chi connectivity index (χ2v) is 14.6. The maximum atomic E-state index is 12.8. The average Bonchev–Trinajstić information content (AvgIpc) is 3.24. The SMILES string of the molecule is CCSC(C)CC1CC(=O)C(/C(CC)=N/OC/C=C/Cl)=C(O)C1.Cc1nn(-c2cc(NS(C)(=O)=O)c(Cl)cc2Cl)c(=O)n1C(F)F. The quantitative estimate of drug-likeness (QED) is 0.124. The van der Waals surface area contributed by atoms with E-state index in [1.165, 1.54) is 18.5 Å². The van der Waals surface area contributed by atoms with E-state index in [0.717, 1.165) is 24.5 Å². The van der Waals surface area contributed by atoms with Gasteiger partial charge in [-0.15, -0.1) is 5.10 Å². The van der Waals surface area contributed by atoms with Gasteiger partial charge in [-0.3, -0.25) is 9.52 Å². The van der Waals surface area contributed by atoms with E-state index in [-0.39, 0.29) is 55.9 Å². The predicted octanol–water partition coefficient (Wildman–Crippen LogP) is 7.26. The van der Waals surface area contributed by atoms with Crippen molar-refractivity contribution >= 4 is 73.8 Å². The molecule has 0 fully saturated rings. The normalized spacial score (nSPS) is 16.5. The zero-order valence-electron chi connectivity index (χ0n) is 25.8. The maximum absolute atomic E-state index is 12.8. The van der Waals surface area contributed by atoms with Gasteiger partial charge in [-0.2, -0.15) is 25.2 Å². The lowest BCUT2D eigenvalue weighted by Gasteiger charge is -2.25. The van der Waals surface area contributed by atoms with Crippen LogP contribution in [-0.4, -0.2) is 63.2 Å². The van der Waals surface area contributed by atoms with E-state index in [1.807, 2.05) is 18.7 Å². The largest absolute Gasteiger partial charge is 0.511 e. The molecule has 256 valence electrons. The maximum Gasteiger partial charge on any atom is 0.355 e. The highest BCUT2D eigenvalue weighted by Crippen LogP contribution is 2.33. The lowest BCUT2D eigenvalue weighted by Crippen LogP contribution is -2.26. The van der Waals surface area contributed by atoms with E-state index in [9.17, 15) is 31.9 Å². The summed E-state index contributed by atoms with van der Waals surface area (Å²) in [5.74, 6) is 1.16. The van der Waals surface area contributed by atoms with Gasteiger partial charge in [-0.1, -0.05) is 60.7 Å². The molecule has 0 saturated heterocycles. The number of carbonyl (C=O) groups is 1. The number of Topliss-reactive ketones (excluding diaryl/α,β-unsaturated/α-hetero) is 1. The fraction of sp³-hybridized carbons (Fsp3) is 0.500. The van der Waals surface area contributed by atoms with Crippen molar-refractivity contribution in [3.63, 3.8) is 0 Å². The van der Waals surface area contributed by atoms with Crippen LogP contribution in [0.25, 0.3) is 5.69 Å². The minimum absolute atomic E-state index is 0.0257. The third-order valence-corrected chi connectivity index (χ3v) is 8.91. The fourth-order valence-electron chi connectivity index (χ4n) is 4.61. The Morgan fingerprint density at radius 3 is 2.46 bits per heavy atom. The van der Waals surface area contributed by atoms with Crippen LogP contribution >= 0.6 is 46.6 Å². The summed E-state index contributed by atoms with van der Waals surface area (Å²) < 4.78 is 51.3. The second kappa shape index (κ2) is 18.1. The first-order chi connectivity index (χ1) is 21.5. The van der Waals surface area contributed by atoms with Gasteiger partial charge in [0.05, 0.1) is 39.0 Å². The number of sulfonamides is 1. The van der Waals surface area contributed by atoms with Crippen molar-refractivity contribution in [2.24, 2.45) is 11.1 Å². The van der Waals surface area contributed by atoms with Gasteiger partial charge in [0.25, 0.3) is 0 Å². The Labute approximate surface area is 285 Å². The van der Waals surface area contributed by atoms with Crippen molar-refractivity contribution in [2.75, 3.05) is 23.3 Å². The molecule has 18 heteroatoms. The summed E-state index contributed by atoms with van der Waals surface area (Å²) in [4.78, 5) is 29.6. The highest BCUT2D eigenvalue weighted by Gasteiger charge is 2.31. The average molecular weight is 747 g/mol. The number of benzene rings is 1. The minimum atomic E-state index is -3.65. The molecule has 2 aromatic rings. The first-order valence-electron chi connectivity index (χ1n) is 14.0. The summed E-state index contributed by atoms with van der Waals surface area (Å²) in [7, 11) is -3.65. The van der Waals surface area contributed by atoms with E-state index in [0.29, 0.717) is 40.5 Å². The first-order valence-corrected chi connectivity index (χ1v) is 18.1. The first kappa shape index (κ1) is 39.6. The van der Waals surface area contributed by atoms with E-state index in [2.05, 4.69) is 28.8 Å². The monoisotopic (exact) mass is 745 g/mol. The molecule has 0 aliphatic heterocycles. The number of hydrogen-bond donors (Lipinski definition) is 2. The smallest absolute Gasteiger partial charge is 0.355 e. The molecular weight excluding hydrogens is 711 g/mol. The number of aryl methyl sites for hydroxylation is 1. The molecule has 1 heterocycles. The van der Waals surface area contributed by atoms with Gasteiger partial charge in [0, 0.05) is 23.6 Å². The number of aliphatic hydroxyl groups excluding tert-OH is 1. The summed E-state index contributed by atoms with van der Waals surface area (Å²) >= 11 is 19.1. The van der Waals surface area contributed by atoms with Crippen molar-refractivity contribution in [2.45, 2.75) is 65.2 Å². The molecule has 3 rings (SSSR count). The highest BCUT2D eigenvalue weighted by molar-refractivity contribution is 7.99. The molecule has 1 aliphatic carbocycles. The van der Waals surface area contributed by atoms with E-state index in [1.54, 1.807) is 6.08 Å². The second-order valence-electron chi connectivity index (χ2n) is 10.1. The number of halogens is 5. The van der Waals surface area contributed by atoms with Gasteiger partial charge in [0.2, 0.25) is 10.0 Å². The summed E-state index contributed by atoms with van der Waals surface area (Å²) in [6, 6.07) is 2.31. The van der Waals surface area contributed by atoms with Crippen LogP contribution in [0.4, 0.5) is 14.5 Å². The zero-order chi connectivity index (χ0) is 34.8. The van der Waals surface area contributed by atoms with Gasteiger partial charge in [0.15, 0.2) is 5.78 Å². The van der Waals surface area contributed by atoms with Crippen molar-refractivity contribution in [1.29, 1.82) is 0 Å². The number of anilines is 1. The van der Waals surface area contributed by atoms with Crippen molar-refractivity contribution in [3.8, 4) is 5.69 Å². The Balaban J connectivity index is 0.000000320. The zero-order valence-corrected chi connectivity index (χ0v) is 29.7. The Morgan fingerprint density at radius 1 is 1.26 bits per heavy atom. The van der Waals surface area contributed by atoms with Crippen molar-refractivity contribution in [3.05, 3.63) is 61.4 Å². The van der Waals surface area contributed by atoms with Gasteiger partial charge < -0.3 is 9.94 Å². The summed E-state index contributed by atoms with van der Waals surface area (Å²) in [6.45, 7) is 4.58. The number of aromatic nitrogens is 3. The lowest BCUT2D eigenvalue weighted by molar-refractivity contribution is -0.116. The van der Waals surface area contributed by atoms with Crippen LogP contribution in [0.1, 0.15) is 58.8 Å². The molecule has 1 aromatic heterocycles. The van der Waals surface area contributed by atoms with E-state index in [4.69, 9.17) is 39.6 Å². The molecular formula is C28H36Cl3F2N5O6S2. The van der Waals surface area contributed by atoms with Crippen LogP contribution < -0.4 is 10.4 Å². The third kappa shape index (κ3) is 11.3. The molecule has 0 spiro atoms. The van der Waals surface area contributed by atoms with Crippen molar-refractivity contribution in [1.82, 2.24) is 14.3 Å². The number of allylic oxidation sites excluding steroid dienone is 2. The molecule has 1 aromatic carbocycles. The highest BCUT2D eigenvalue weighted by atomic mass is 35.5. The Bertz CT molecular complexity index is 1640. The Kier molecular flexibility index (Phi) is 15.6. The van der Waals surface area contributed by atoms with Crippen LogP contribution in [0.2, 0.25) is 10.0 Å². The molecule has 1 aliphatic rings. The number of rotatable bonds is 13. The summed E-state index contributed by atoms with van der Waals surface area (Å²) in [5.41, 5.74) is 0.926. The van der Waals surface area contributed by atoms with Gasteiger partial charge in [-0.05, 0) is 49.6 Å². The van der Waals surface area contributed by atoms with Crippen molar-refractivity contribution < 1.29 is 31.9 Å². The van der Waals surface area contributed by atoms with Crippen LogP contribution in [-0.2, 0) is 19.7 Å². The number of aliphatic hydroxyl groups is 1. The number of thioether (sulfide) groups is 1. The van der Waals surface area contributed by atoms with Gasteiger partial charge >= 0.3 is 12.2 Å². The molecule has 2 atom stereocenters. The lowest BCUT2D eigenvalue weighted by atomic mass is 9.82. The van der Waals surface area contributed by atoms with Crippen LogP contribution in [0.3, 0.4) is 0 Å². The molecule has 0 saturated carbocycles. The number of carbonyl (C=O) groups excluding carboxylic acids is 1. The summed E-state index contributed by atoms with van der Waals surface area (Å²) in [6.07, 6.45) is 4.99. The number of hydrogen-bond acceptors (Lipinski definition) is 9. The van der Waals surface area contributed by atoms with Gasteiger partial charge in [0.1, 0.15) is 18.2 Å². The standard InChI is InChI=1S/C17H26ClNO3S.C11H10Cl2F2N4O3S/c1-4-14(19-22-8-6-7-18)17-15(20)10-13(11-16(17)21)9-12(3)23-5-2;1-5-16-19(11(20)18(5)10(14)15)9-4-8(17-23(2,21)22)6(12)3-7(9)13/h6-7,12-13,20H,4-5,8-11H2,1-3H3;3-4,10,17H,1-2H3/b7-6+,19-14+;. The topological polar surface area (TPSA) is 145 Å². The molecule has 46 heavy (non-hydrogen) atoms. The van der Waals surface area contributed by atoms with Crippen LogP contribution in [0.5, 0.6) is 0 Å². The molecule has 11 nitrogen and oxygen atoms in total. The Hall–Kier alpha value is -2.59. The molecule has 0 radical (unpaired) electrons.